The number of ether oxygens (including phenoxy) is 1. The lowest BCUT2D eigenvalue weighted by atomic mass is 9.82. The molecule has 0 saturated carbocycles. The van der Waals surface area contributed by atoms with E-state index in [0.29, 0.717) is 0 Å². The first-order valence-corrected chi connectivity index (χ1v) is 6.45. The summed E-state index contributed by atoms with van der Waals surface area (Å²) in [4.78, 5) is 0. The summed E-state index contributed by atoms with van der Waals surface area (Å²) in [5.74, 6) is 0. The van der Waals surface area contributed by atoms with Crippen molar-refractivity contribution in [3.05, 3.63) is 29.3 Å². The molecule has 0 spiro atoms. The van der Waals surface area contributed by atoms with E-state index in [1.54, 1.807) is 0 Å². The van der Waals surface area contributed by atoms with Gasteiger partial charge in [-0.15, -0.1) is 0 Å². The summed E-state index contributed by atoms with van der Waals surface area (Å²) in [6.45, 7) is 6.87. The van der Waals surface area contributed by atoms with Crippen LogP contribution < -0.4 is 5.32 Å². The normalized spacial score (nSPS) is 18.1. The molecule has 1 aliphatic heterocycles. The van der Waals surface area contributed by atoms with E-state index in [1.165, 1.54) is 0 Å². The van der Waals surface area contributed by atoms with Gasteiger partial charge in [0.2, 0.25) is 0 Å². The van der Waals surface area contributed by atoms with Crippen LogP contribution >= 0.6 is 0 Å². The first-order valence-electron chi connectivity index (χ1n) is 6.45. The summed E-state index contributed by atoms with van der Waals surface area (Å²) in [7, 11) is 0. The SMILES string of the molecule is Cc1ccc(NCC2(C)CCOCC2)c(C#N)c1. The van der Waals surface area contributed by atoms with Crippen molar-refractivity contribution in [1.29, 1.82) is 5.26 Å². The summed E-state index contributed by atoms with van der Waals surface area (Å²) >= 11 is 0. The van der Waals surface area contributed by atoms with Crippen molar-refractivity contribution in [2.45, 2.75) is 26.7 Å². The second kappa shape index (κ2) is 5.41. The number of anilines is 1. The molecule has 3 heteroatoms. The van der Waals surface area contributed by atoms with Crippen LogP contribution in [0.3, 0.4) is 0 Å². The van der Waals surface area contributed by atoms with E-state index < -0.39 is 0 Å². The van der Waals surface area contributed by atoms with Crippen molar-refractivity contribution in [2.24, 2.45) is 5.41 Å². The maximum atomic E-state index is 9.13. The van der Waals surface area contributed by atoms with Gasteiger partial charge in [-0.1, -0.05) is 13.0 Å². The maximum absolute atomic E-state index is 9.13. The van der Waals surface area contributed by atoms with Crippen LogP contribution in [0, 0.1) is 23.7 Å². The molecular weight excluding hydrogens is 224 g/mol. The molecule has 96 valence electrons. The summed E-state index contributed by atoms with van der Waals surface area (Å²) in [5.41, 5.74) is 3.06. The van der Waals surface area contributed by atoms with E-state index in [0.717, 1.165) is 49.4 Å². The minimum Gasteiger partial charge on any atom is -0.383 e. The van der Waals surface area contributed by atoms with Gasteiger partial charge in [0.15, 0.2) is 0 Å². The number of nitrogens with zero attached hydrogens (tertiary/aromatic N) is 1. The van der Waals surface area contributed by atoms with E-state index in [-0.39, 0.29) is 5.41 Å². The lowest BCUT2D eigenvalue weighted by Gasteiger charge is -2.34. The zero-order valence-corrected chi connectivity index (χ0v) is 11.1. The van der Waals surface area contributed by atoms with Gasteiger partial charge in [0.1, 0.15) is 6.07 Å². The average Bonchev–Trinajstić information content (AvgIpc) is 2.38. The summed E-state index contributed by atoms with van der Waals surface area (Å²) < 4.78 is 5.40. The first-order chi connectivity index (χ1) is 8.63. The molecule has 0 radical (unpaired) electrons. The molecule has 1 heterocycles. The first kappa shape index (κ1) is 12.9. The molecule has 1 N–H and O–H groups in total. The molecule has 0 aliphatic carbocycles. The van der Waals surface area contributed by atoms with Gasteiger partial charge in [0.05, 0.1) is 11.3 Å². The van der Waals surface area contributed by atoms with Gasteiger partial charge in [0.25, 0.3) is 0 Å². The Morgan fingerprint density at radius 1 is 1.39 bits per heavy atom. The largest absolute Gasteiger partial charge is 0.383 e. The van der Waals surface area contributed by atoms with Gasteiger partial charge in [-0.25, -0.2) is 0 Å². The van der Waals surface area contributed by atoms with E-state index >= 15 is 0 Å². The second-order valence-corrected chi connectivity index (χ2v) is 5.44. The Kier molecular flexibility index (Phi) is 3.88. The molecule has 2 rings (SSSR count). The number of aryl methyl sites for hydroxylation is 1. The monoisotopic (exact) mass is 244 g/mol. The smallest absolute Gasteiger partial charge is 0.101 e. The quantitative estimate of drug-likeness (QED) is 0.888. The lowest BCUT2D eigenvalue weighted by molar-refractivity contribution is 0.0300. The third-order valence-electron chi connectivity index (χ3n) is 3.70. The standard InChI is InChI=1S/C15H20N2O/c1-12-3-4-14(13(9-12)10-16)17-11-15(2)5-7-18-8-6-15/h3-4,9,17H,5-8,11H2,1-2H3. The molecule has 0 atom stereocenters. The van der Waals surface area contributed by atoms with Gasteiger partial charge in [-0.3, -0.25) is 0 Å². The van der Waals surface area contributed by atoms with Crippen LogP contribution in [-0.4, -0.2) is 19.8 Å². The van der Waals surface area contributed by atoms with Crippen LogP contribution in [0.5, 0.6) is 0 Å². The van der Waals surface area contributed by atoms with Crippen molar-refractivity contribution in [1.82, 2.24) is 0 Å². The molecule has 1 aromatic rings. The average molecular weight is 244 g/mol. The molecule has 1 aliphatic rings. The van der Waals surface area contributed by atoms with Gasteiger partial charge in [-0.05, 0) is 42.9 Å². The Bertz CT molecular complexity index is 456. The van der Waals surface area contributed by atoms with Gasteiger partial charge < -0.3 is 10.1 Å². The minimum absolute atomic E-state index is 0.274. The fourth-order valence-corrected chi connectivity index (χ4v) is 2.25. The van der Waals surface area contributed by atoms with Crippen LogP contribution in [0.15, 0.2) is 18.2 Å². The Hall–Kier alpha value is -1.53. The topological polar surface area (TPSA) is 45.0 Å². The molecule has 1 aromatic carbocycles. The van der Waals surface area contributed by atoms with Gasteiger partial charge >= 0.3 is 0 Å². The molecule has 1 saturated heterocycles. The molecule has 18 heavy (non-hydrogen) atoms. The maximum Gasteiger partial charge on any atom is 0.101 e. The Morgan fingerprint density at radius 2 is 2.11 bits per heavy atom. The zero-order chi connectivity index (χ0) is 13.0. The summed E-state index contributed by atoms with van der Waals surface area (Å²) in [6.07, 6.45) is 2.15. The van der Waals surface area contributed by atoms with Crippen LogP contribution in [0.25, 0.3) is 0 Å². The molecule has 0 bridgehead atoms. The molecule has 0 amide bonds. The van der Waals surface area contributed by atoms with Gasteiger partial charge in [-0.2, -0.15) is 5.26 Å². The predicted molar refractivity (Wildman–Crippen MR) is 72.5 cm³/mol. The van der Waals surface area contributed by atoms with Crippen LogP contribution in [-0.2, 0) is 4.74 Å². The Balaban J connectivity index is 2.04. The number of nitrogens with one attached hydrogen (secondary N) is 1. The fraction of sp³-hybridized carbons (Fsp3) is 0.533. The van der Waals surface area contributed by atoms with E-state index in [2.05, 4.69) is 18.3 Å². The van der Waals surface area contributed by atoms with Crippen molar-refractivity contribution < 1.29 is 4.74 Å². The van der Waals surface area contributed by atoms with Crippen molar-refractivity contribution >= 4 is 5.69 Å². The number of nitriles is 1. The molecule has 0 unspecified atom stereocenters. The van der Waals surface area contributed by atoms with Gasteiger partial charge in [0, 0.05) is 19.8 Å². The Labute approximate surface area is 109 Å². The van der Waals surface area contributed by atoms with E-state index in [9.17, 15) is 0 Å². The molecular formula is C15H20N2O. The number of benzene rings is 1. The molecule has 0 aromatic heterocycles. The predicted octanol–water partition coefficient (Wildman–Crippen LogP) is 3.10. The van der Waals surface area contributed by atoms with Crippen molar-refractivity contribution in [2.75, 3.05) is 25.1 Å². The third kappa shape index (κ3) is 3.02. The summed E-state index contributed by atoms with van der Waals surface area (Å²) in [6, 6.07) is 8.21. The van der Waals surface area contributed by atoms with Crippen molar-refractivity contribution in [3.8, 4) is 6.07 Å². The molecule has 1 fully saturated rings. The Morgan fingerprint density at radius 3 is 2.78 bits per heavy atom. The van der Waals surface area contributed by atoms with Crippen LogP contribution in [0.2, 0.25) is 0 Å². The highest BCUT2D eigenvalue weighted by Gasteiger charge is 2.27. The van der Waals surface area contributed by atoms with Crippen molar-refractivity contribution in [3.63, 3.8) is 0 Å². The number of hydrogen-bond acceptors (Lipinski definition) is 3. The van der Waals surface area contributed by atoms with Crippen LogP contribution in [0.1, 0.15) is 30.9 Å². The van der Waals surface area contributed by atoms with Crippen LogP contribution in [0.4, 0.5) is 5.69 Å². The second-order valence-electron chi connectivity index (χ2n) is 5.44. The molecule has 3 nitrogen and oxygen atoms in total. The highest BCUT2D eigenvalue weighted by Crippen LogP contribution is 2.30. The number of hydrogen-bond donors (Lipinski definition) is 1. The highest BCUT2D eigenvalue weighted by atomic mass is 16.5. The minimum atomic E-state index is 0.274. The zero-order valence-electron chi connectivity index (χ0n) is 11.1. The van der Waals surface area contributed by atoms with E-state index in [4.69, 9.17) is 10.00 Å². The summed E-state index contributed by atoms with van der Waals surface area (Å²) in [5, 5.41) is 12.6. The fourth-order valence-electron chi connectivity index (χ4n) is 2.25. The highest BCUT2D eigenvalue weighted by molar-refractivity contribution is 5.58. The third-order valence-corrected chi connectivity index (χ3v) is 3.70. The number of rotatable bonds is 3. The lowest BCUT2D eigenvalue weighted by Crippen LogP contribution is -2.33. The van der Waals surface area contributed by atoms with E-state index in [1.807, 2.05) is 25.1 Å².